The third kappa shape index (κ3) is 4.48. The van der Waals surface area contributed by atoms with Gasteiger partial charge in [0.2, 0.25) is 0 Å². The Hall–Kier alpha value is -0.870. The van der Waals surface area contributed by atoms with Crippen LogP contribution in [0.15, 0.2) is 30.3 Å². The lowest BCUT2D eigenvalue weighted by Gasteiger charge is -2.25. The number of hydrogen-bond donors (Lipinski definition) is 1. The van der Waals surface area contributed by atoms with Gasteiger partial charge in [-0.1, -0.05) is 18.2 Å². The van der Waals surface area contributed by atoms with Gasteiger partial charge in [-0.2, -0.15) is 0 Å². The average molecular weight is 258 g/mol. The predicted octanol–water partition coefficient (Wildman–Crippen LogP) is 2.81. The van der Waals surface area contributed by atoms with E-state index < -0.39 is 7.75 Å². The van der Waals surface area contributed by atoms with E-state index in [0.717, 1.165) is 5.69 Å². The predicted molar refractivity (Wildman–Crippen MR) is 68.8 cm³/mol. The molecular weight excluding hydrogens is 239 g/mol. The van der Waals surface area contributed by atoms with E-state index in [1.807, 2.05) is 30.3 Å². The molecule has 0 unspecified atom stereocenters. The molecule has 5 nitrogen and oxygen atoms in total. The molecule has 0 aliphatic heterocycles. The highest BCUT2D eigenvalue weighted by molar-refractivity contribution is 7.51. The summed E-state index contributed by atoms with van der Waals surface area (Å²) < 4.78 is 22.5. The molecule has 1 rings (SSSR count). The molecule has 0 aliphatic rings. The number of hydrogen-bond acceptors (Lipinski definition) is 4. The molecule has 0 amide bonds. The van der Waals surface area contributed by atoms with Gasteiger partial charge in [0.25, 0.3) is 0 Å². The van der Waals surface area contributed by atoms with Crippen molar-refractivity contribution in [3.63, 3.8) is 0 Å². The summed E-state index contributed by atoms with van der Waals surface area (Å²) in [5.74, 6) is 0. The molecular formula is C11H19N2O3P. The zero-order chi connectivity index (χ0) is 12.7. The molecule has 0 heterocycles. The number of rotatable bonds is 7. The Morgan fingerprint density at radius 3 is 2.18 bits per heavy atom. The maximum absolute atomic E-state index is 12.2. The van der Waals surface area contributed by atoms with Crippen LogP contribution in [0.25, 0.3) is 0 Å². The second-order valence-electron chi connectivity index (χ2n) is 3.33. The normalized spacial score (nSPS) is 11.5. The summed E-state index contributed by atoms with van der Waals surface area (Å²) in [5, 5.41) is 4.39. The molecule has 0 saturated heterocycles. The molecule has 0 bridgehead atoms. The molecule has 17 heavy (non-hydrogen) atoms. The van der Waals surface area contributed by atoms with Crippen molar-refractivity contribution in [2.45, 2.75) is 13.8 Å². The van der Waals surface area contributed by atoms with Crippen molar-refractivity contribution in [1.29, 1.82) is 0 Å². The number of nitrogens with zero attached hydrogens (tertiary/aromatic N) is 1. The molecule has 6 heteroatoms. The van der Waals surface area contributed by atoms with Crippen LogP contribution in [0.2, 0.25) is 0 Å². The van der Waals surface area contributed by atoms with E-state index in [4.69, 9.17) is 9.05 Å². The highest BCUT2D eigenvalue weighted by Crippen LogP contribution is 2.43. The van der Waals surface area contributed by atoms with Crippen LogP contribution in [0, 0.1) is 0 Å². The topological polar surface area (TPSA) is 50.8 Å². The summed E-state index contributed by atoms with van der Waals surface area (Å²) in [4.78, 5) is 0. The lowest BCUT2D eigenvalue weighted by molar-refractivity contribution is 0.210. The molecule has 0 aliphatic carbocycles. The first-order chi connectivity index (χ1) is 8.11. The van der Waals surface area contributed by atoms with Gasteiger partial charge in [-0.05, 0) is 26.0 Å². The Morgan fingerprint density at radius 2 is 1.71 bits per heavy atom. The van der Waals surface area contributed by atoms with E-state index >= 15 is 0 Å². The summed E-state index contributed by atoms with van der Waals surface area (Å²) in [6, 6.07) is 9.52. The van der Waals surface area contributed by atoms with Crippen LogP contribution >= 0.6 is 7.75 Å². The minimum Gasteiger partial charge on any atom is -0.302 e. The average Bonchev–Trinajstić information content (AvgIpc) is 2.30. The van der Waals surface area contributed by atoms with E-state index in [-0.39, 0.29) is 0 Å². The molecule has 0 aromatic heterocycles. The monoisotopic (exact) mass is 258 g/mol. The minimum atomic E-state index is -3.26. The van der Waals surface area contributed by atoms with Gasteiger partial charge in [0.05, 0.1) is 18.9 Å². The van der Waals surface area contributed by atoms with Crippen LogP contribution in [-0.4, -0.2) is 20.3 Å². The van der Waals surface area contributed by atoms with E-state index in [1.54, 1.807) is 25.9 Å². The van der Waals surface area contributed by atoms with Gasteiger partial charge in [0, 0.05) is 7.05 Å². The molecule has 1 aromatic carbocycles. The maximum Gasteiger partial charge on any atom is 0.423 e. The van der Waals surface area contributed by atoms with E-state index in [2.05, 4.69) is 5.20 Å². The number of anilines is 1. The van der Waals surface area contributed by atoms with Gasteiger partial charge < -0.3 is 5.01 Å². The van der Waals surface area contributed by atoms with E-state index in [1.165, 1.54) is 0 Å². The van der Waals surface area contributed by atoms with Crippen molar-refractivity contribution in [3.05, 3.63) is 30.3 Å². The Balaban J connectivity index is 2.71. The van der Waals surface area contributed by atoms with Crippen LogP contribution < -0.4 is 10.2 Å². The van der Waals surface area contributed by atoms with Crippen LogP contribution in [0.5, 0.6) is 0 Å². The van der Waals surface area contributed by atoms with Crippen molar-refractivity contribution in [2.75, 3.05) is 25.3 Å². The fraction of sp³-hybridized carbons (Fsp3) is 0.455. The Bertz CT molecular complexity index is 362. The zero-order valence-corrected chi connectivity index (χ0v) is 11.3. The van der Waals surface area contributed by atoms with Gasteiger partial charge >= 0.3 is 7.75 Å². The van der Waals surface area contributed by atoms with Crippen molar-refractivity contribution in [3.8, 4) is 0 Å². The maximum atomic E-state index is 12.2. The number of hydrazine groups is 1. The number of para-hydroxylation sites is 1. The summed E-state index contributed by atoms with van der Waals surface area (Å²) in [7, 11) is -1.50. The fourth-order valence-electron chi connectivity index (χ4n) is 1.33. The van der Waals surface area contributed by atoms with Crippen molar-refractivity contribution < 1.29 is 13.6 Å². The summed E-state index contributed by atoms with van der Waals surface area (Å²) in [6.45, 7) is 4.20. The first-order valence-electron chi connectivity index (χ1n) is 5.57. The van der Waals surface area contributed by atoms with Crippen molar-refractivity contribution in [2.24, 2.45) is 0 Å². The Labute approximate surface area is 102 Å². The van der Waals surface area contributed by atoms with Crippen LogP contribution in [0.4, 0.5) is 5.69 Å². The quantitative estimate of drug-likeness (QED) is 0.602. The van der Waals surface area contributed by atoms with Gasteiger partial charge in [0.1, 0.15) is 0 Å². The molecule has 0 fully saturated rings. The lowest BCUT2D eigenvalue weighted by atomic mass is 10.3. The molecule has 0 spiro atoms. The highest BCUT2D eigenvalue weighted by Gasteiger charge is 2.25. The van der Waals surface area contributed by atoms with Gasteiger partial charge in [-0.25, -0.2) is 4.57 Å². The summed E-state index contributed by atoms with van der Waals surface area (Å²) in [5.41, 5.74) is 0.882. The molecule has 1 N–H and O–H groups in total. The Morgan fingerprint density at radius 1 is 1.18 bits per heavy atom. The van der Waals surface area contributed by atoms with Crippen molar-refractivity contribution in [1.82, 2.24) is 5.20 Å². The standard InChI is InChI=1S/C11H19N2O3P/c1-4-15-17(14,16-5-2)12-13(3)11-9-7-6-8-10-11/h6-10H,4-5H2,1-3H3,(H,12,14). The van der Waals surface area contributed by atoms with Gasteiger partial charge in [0.15, 0.2) is 0 Å². The summed E-state index contributed by atoms with van der Waals surface area (Å²) in [6.07, 6.45) is 0. The van der Waals surface area contributed by atoms with Crippen LogP contribution in [-0.2, 0) is 13.6 Å². The van der Waals surface area contributed by atoms with Gasteiger partial charge in [-0.3, -0.25) is 9.05 Å². The van der Waals surface area contributed by atoms with E-state index in [0.29, 0.717) is 13.2 Å². The number of nitrogens with one attached hydrogen (secondary N) is 1. The molecule has 1 aromatic rings. The molecule has 0 saturated carbocycles. The van der Waals surface area contributed by atoms with Crippen molar-refractivity contribution >= 4 is 13.4 Å². The summed E-state index contributed by atoms with van der Waals surface area (Å²) >= 11 is 0. The first kappa shape index (κ1) is 14.2. The zero-order valence-electron chi connectivity index (χ0n) is 10.4. The van der Waals surface area contributed by atoms with E-state index in [9.17, 15) is 4.57 Å². The fourth-order valence-corrected chi connectivity index (χ4v) is 2.68. The third-order valence-electron chi connectivity index (χ3n) is 2.01. The number of benzene rings is 1. The van der Waals surface area contributed by atoms with Crippen LogP contribution in [0.1, 0.15) is 13.8 Å². The second-order valence-corrected chi connectivity index (χ2v) is 5.04. The SMILES string of the molecule is CCOP(=O)(NN(C)c1ccccc1)OCC. The molecule has 96 valence electrons. The third-order valence-corrected chi connectivity index (χ3v) is 3.76. The highest BCUT2D eigenvalue weighted by atomic mass is 31.2. The smallest absolute Gasteiger partial charge is 0.302 e. The molecule has 0 radical (unpaired) electrons. The lowest BCUT2D eigenvalue weighted by Crippen LogP contribution is -2.33. The first-order valence-corrected chi connectivity index (χ1v) is 7.11. The van der Waals surface area contributed by atoms with Gasteiger partial charge in [-0.15, -0.1) is 5.20 Å². The second kappa shape index (κ2) is 6.77. The Kier molecular flexibility index (Phi) is 5.65. The minimum absolute atomic E-state index is 0.326. The largest absolute Gasteiger partial charge is 0.423 e. The van der Waals surface area contributed by atoms with Crippen LogP contribution in [0.3, 0.4) is 0 Å². The molecule has 0 atom stereocenters.